The number of aliphatic hydroxyl groups excluding tert-OH is 1. The fourth-order valence-electron chi connectivity index (χ4n) is 1.45. The highest BCUT2D eigenvalue weighted by molar-refractivity contribution is 5.79. The molecule has 3 N–H and O–H groups in total. The summed E-state index contributed by atoms with van der Waals surface area (Å²) in [7, 11) is 0. The van der Waals surface area contributed by atoms with Crippen molar-refractivity contribution >= 4 is 11.9 Å². The Balaban J connectivity index is 3.33. The first-order chi connectivity index (χ1) is 8.02. The molecule has 0 aromatic rings. The molecule has 0 saturated heterocycles. The van der Waals surface area contributed by atoms with Gasteiger partial charge in [0.1, 0.15) is 0 Å². The summed E-state index contributed by atoms with van der Waals surface area (Å²) in [6.45, 7) is 0. The van der Waals surface area contributed by atoms with E-state index < -0.39 is 18.0 Å². The van der Waals surface area contributed by atoms with Gasteiger partial charge < -0.3 is 15.3 Å². The predicted octanol–water partition coefficient (Wildman–Crippen LogP) is 1.80. The van der Waals surface area contributed by atoms with Gasteiger partial charge in [-0.15, -0.1) is 0 Å². The number of rotatable bonds is 10. The molecule has 0 bridgehead atoms. The van der Waals surface area contributed by atoms with Crippen molar-refractivity contribution in [1.29, 1.82) is 0 Å². The van der Waals surface area contributed by atoms with E-state index in [4.69, 9.17) is 10.2 Å². The minimum Gasteiger partial charge on any atom is -0.481 e. The van der Waals surface area contributed by atoms with Gasteiger partial charge in [-0.2, -0.15) is 0 Å². The highest BCUT2D eigenvalue weighted by Crippen LogP contribution is 2.09. The molecule has 0 aliphatic rings. The molecular formula is C12H20O5. The van der Waals surface area contributed by atoms with E-state index in [2.05, 4.69) is 0 Å². The van der Waals surface area contributed by atoms with Crippen LogP contribution in [0.3, 0.4) is 0 Å². The van der Waals surface area contributed by atoms with E-state index in [1.807, 2.05) is 0 Å². The Morgan fingerprint density at radius 3 is 2.18 bits per heavy atom. The number of aliphatic hydroxyl groups is 1. The summed E-state index contributed by atoms with van der Waals surface area (Å²) in [5, 5.41) is 26.1. The standard InChI is InChI=1S/C12H20O5/c13-10(8-9-12(16)17)6-4-2-1-3-5-7-11(14)15/h8-10,13H,1-7H2,(H,14,15)(H,16,17). The van der Waals surface area contributed by atoms with Crippen LogP contribution in [0.5, 0.6) is 0 Å². The quantitative estimate of drug-likeness (QED) is 0.402. The van der Waals surface area contributed by atoms with Crippen molar-refractivity contribution in [2.45, 2.75) is 51.0 Å². The van der Waals surface area contributed by atoms with Gasteiger partial charge >= 0.3 is 11.9 Å². The molecule has 0 saturated carbocycles. The van der Waals surface area contributed by atoms with Crippen LogP contribution in [0, 0.1) is 0 Å². The second kappa shape index (κ2) is 9.84. The van der Waals surface area contributed by atoms with E-state index in [1.54, 1.807) is 0 Å². The Morgan fingerprint density at radius 1 is 1.00 bits per heavy atom. The second-order valence-corrected chi connectivity index (χ2v) is 3.96. The van der Waals surface area contributed by atoms with E-state index in [1.165, 1.54) is 6.08 Å². The van der Waals surface area contributed by atoms with Gasteiger partial charge in [0.05, 0.1) is 6.10 Å². The summed E-state index contributed by atoms with van der Waals surface area (Å²) in [5.41, 5.74) is 0. The number of carboxylic acid groups (broad SMARTS) is 2. The first kappa shape index (κ1) is 15.6. The molecule has 0 aliphatic carbocycles. The van der Waals surface area contributed by atoms with Crippen molar-refractivity contribution in [2.75, 3.05) is 0 Å². The Morgan fingerprint density at radius 2 is 1.59 bits per heavy atom. The van der Waals surface area contributed by atoms with Crippen LogP contribution < -0.4 is 0 Å². The van der Waals surface area contributed by atoms with E-state index in [-0.39, 0.29) is 6.42 Å². The highest BCUT2D eigenvalue weighted by Gasteiger charge is 2.00. The van der Waals surface area contributed by atoms with Gasteiger partial charge in [0.25, 0.3) is 0 Å². The third-order valence-electron chi connectivity index (χ3n) is 2.35. The van der Waals surface area contributed by atoms with Crippen molar-refractivity contribution in [3.63, 3.8) is 0 Å². The molecule has 0 aromatic heterocycles. The van der Waals surface area contributed by atoms with Gasteiger partial charge in [0.15, 0.2) is 0 Å². The van der Waals surface area contributed by atoms with Crippen LogP contribution in [-0.2, 0) is 9.59 Å². The first-order valence-electron chi connectivity index (χ1n) is 5.83. The zero-order valence-corrected chi connectivity index (χ0v) is 9.84. The number of carboxylic acids is 2. The van der Waals surface area contributed by atoms with Gasteiger partial charge in [-0.25, -0.2) is 4.79 Å². The molecular weight excluding hydrogens is 224 g/mol. The topological polar surface area (TPSA) is 94.8 Å². The van der Waals surface area contributed by atoms with Gasteiger partial charge in [-0.05, 0) is 18.9 Å². The zero-order valence-electron chi connectivity index (χ0n) is 9.84. The number of hydrogen-bond acceptors (Lipinski definition) is 3. The molecule has 0 aliphatic heterocycles. The molecule has 0 heterocycles. The van der Waals surface area contributed by atoms with Crippen LogP contribution in [0.2, 0.25) is 0 Å². The average molecular weight is 244 g/mol. The number of hydrogen-bond donors (Lipinski definition) is 3. The third kappa shape index (κ3) is 12.6. The Hall–Kier alpha value is -1.36. The number of carbonyl (C=O) groups is 2. The number of aliphatic carboxylic acids is 2. The first-order valence-corrected chi connectivity index (χ1v) is 5.83. The molecule has 0 amide bonds. The van der Waals surface area contributed by atoms with E-state index in [9.17, 15) is 14.7 Å². The lowest BCUT2D eigenvalue weighted by Crippen LogP contribution is -2.03. The lowest BCUT2D eigenvalue weighted by molar-refractivity contribution is -0.137. The Bertz CT molecular complexity index is 260. The van der Waals surface area contributed by atoms with Crippen LogP contribution in [0.1, 0.15) is 44.9 Å². The molecule has 5 heteroatoms. The molecule has 0 radical (unpaired) electrons. The lowest BCUT2D eigenvalue weighted by atomic mass is 10.1. The highest BCUT2D eigenvalue weighted by atomic mass is 16.4. The van der Waals surface area contributed by atoms with Crippen LogP contribution in [0.25, 0.3) is 0 Å². The van der Waals surface area contributed by atoms with Crippen LogP contribution >= 0.6 is 0 Å². The molecule has 0 fully saturated rings. The second-order valence-electron chi connectivity index (χ2n) is 3.96. The van der Waals surface area contributed by atoms with Crippen molar-refractivity contribution in [2.24, 2.45) is 0 Å². The molecule has 1 unspecified atom stereocenters. The van der Waals surface area contributed by atoms with Gasteiger partial charge in [-0.3, -0.25) is 4.79 Å². The minimum atomic E-state index is -1.06. The molecule has 17 heavy (non-hydrogen) atoms. The SMILES string of the molecule is O=C(O)C=CC(O)CCCCCCCC(=O)O. The summed E-state index contributed by atoms with van der Waals surface area (Å²) in [4.78, 5) is 20.4. The number of unbranched alkanes of at least 4 members (excludes halogenated alkanes) is 4. The molecule has 0 aromatic carbocycles. The lowest BCUT2D eigenvalue weighted by Gasteiger charge is -2.04. The van der Waals surface area contributed by atoms with Crippen molar-refractivity contribution in [1.82, 2.24) is 0 Å². The van der Waals surface area contributed by atoms with Gasteiger partial charge in [-0.1, -0.05) is 25.7 Å². The van der Waals surface area contributed by atoms with Crippen LogP contribution in [0.4, 0.5) is 0 Å². The molecule has 5 nitrogen and oxygen atoms in total. The normalized spacial score (nSPS) is 12.8. The third-order valence-corrected chi connectivity index (χ3v) is 2.35. The van der Waals surface area contributed by atoms with Crippen molar-refractivity contribution < 1.29 is 24.9 Å². The van der Waals surface area contributed by atoms with Crippen molar-refractivity contribution in [3.8, 4) is 0 Å². The predicted molar refractivity (Wildman–Crippen MR) is 62.7 cm³/mol. The van der Waals surface area contributed by atoms with Crippen LogP contribution in [0.15, 0.2) is 12.2 Å². The maximum atomic E-state index is 10.2. The molecule has 98 valence electrons. The summed E-state index contributed by atoms with van der Waals surface area (Å²) < 4.78 is 0. The maximum Gasteiger partial charge on any atom is 0.328 e. The molecule has 0 rings (SSSR count). The fraction of sp³-hybridized carbons (Fsp3) is 0.667. The van der Waals surface area contributed by atoms with Crippen molar-refractivity contribution in [3.05, 3.63) is 12.2 Å². The Labute approximate surface area is 101 Å². The van der Waals surface area contributed by atoms with Gasteiger partial charge in [0, 0.05) is 12.5 Å². The Kier molecular flexibility index (Phi) is 9.05. The maximum absolute atomic E-state index is 10.2. The van der Waals surface area contributed by atoms with Gasteiger partial charge in [0.2, 0.25) is 0 Å². The minimum absolute atomic E-state index is 0.212. The monoisotopic (exact) mass is 244 g/mol. The largest absolute Gasteiger partial charge is 0.481 e. The molecule has 0 spiro atoms. The summed E-state index contributed by atoms with van der Waals surface area (Å²) >= 11 is 0. The van der Waals surface area contributed by atoms with E-state index >= 15 is 0 Å². The smallest absolute Gasteiger partial charge is 0.328 e. The van der Waals surface area contributed by atoms with E-state index in [0.717, 1.165) is 31.8 Å². The summed E-state index contributed by atoms with van der Waals surface area (Å²) in [6.07, 6.45) is 6.53. The fourth-order valence-corrected chi connectivity index (χ4v) is 1.45. The van der Waals surface area contributed by atoms with E-state index in [0.29, 0.717) is 12.8 Å². The summed E-state index contributed by atoms with van der Waals surface area (Å²) in [6, 6.07) is 0. The van der Waals surface area contributed by atoms with Crippen LogP contribution in [-0.4, -0.2) is 33.4 Å². The molecule has 1 atom stereocenters. The zero-order chi connectivity index (χ0) is 13.1. The average Bonchev–Trinajstić information content (AvgIpc) is 2.24. The summed E-state index contributed by atoms with van der Waals surface area (Å²) in [5.74, 6) is -1.82.